The lowest BCUT2D eigenvalue weighted by Gasteiger charge is -2.15. The van der Waals surface area contributed by atoms with E-state index in [-0.39, 0.29) is 23.8 Å². The maximum Gasteiger partial charge on any atom is 0.373 e. The van der Waals surface area contributed by atoms with Gasteiger partial charge in [0.25, 0.3) is 0 Å². The van der Waals surface area contributed by atoms with E-state index < -0.39 is 5.97 Å². The van der Waals surface area contributed by atoms with Gasteiger partial charge in [-0.1, -0.05) is 0 Å². The Morgan fingerprint density at radius 3 is 3.00 bits per heavy atom. The summed E-state index contributed by atoms with van der Waals surface area (Å²) in [4.78, 5) is 22.3. The molecular weight excluding hydrogens is 236 g/mol. The molecule has 6 heteroatoms. The molecule has 6 nitrogen and oxygen atoms in total. The molecule has 2 atom stereocenters. The van der Waals surface area contributed by atoms with E-state index >= 15 is 0 Å². The summed E-state index contributed by atoms with van der Waals surface area (Å²) in [5, 5.41) is 6.02. The van der Waals surface area contributed by atoms with Crippen LogP contribution in [-0.4, -0.2) is 31.6 Å². The molecule has 1 aromatic rings. The molecular formula is C12H16N2O4. The minimum atomic E-state index is -0.494. The van der Waals surface area contributed by atoms with Crippen molar-refractivity contribution in [1.29, 1.82) is 0 Å². The van der Waals surface area contributed by atoms with Crippen LogP contribution in [0.1, 0.15) is 35.7 Å². The van der Waals surface area contributed by atoms with Crippen LogP contribution in [0.3, 0.4) is 0 Å². The number of furan rings is 1. The van der Waals surface area contributed by atoms with Crippen LogP contribution >= 0.6 is 0 Å². The highest BCUT2D eigenvalue weighted by atomic mass is 16.5. The molecule has 0 spiro atoms. The molecule has 1 amide bonds. The fraction of sp³-hybridized carbons (Fsp3) is 0.500. The first kappa shape index (κ1) is 12.6. The molecule has 2 rings (SSSR count). The van der Waals surface area contributed by atoms with E-state index in [2.05, 4.69) is 15.4 Å². The zero-order valence-electron chi connectivity index (χ0n) is 10.4. The number of carbonyl (C=O) groups excluding carboxylic acids is 2. The third kappa shape index (κ3) is 2.70. The SMILES string of the molecule is COC(=O)c1ccc(C(C)NC2CNC(=O)C2)o1. The van der Waals surface area contributed by atoms with Crippen molar-refractivity contribution in [3.05, 3.63) is 23.7 Å². The number of carbonyl (C=O) groups is 2. The molecule has 98 valence electrons. The zero-order chi connectivity index (χ0) is 13.1. The van der Waals surface area contributed by atoms with Crippen molar-refractivity contribution >= 4 is 11.9 Å². The van der Waals surface area contributed by atoms with Crippen LogP contribution in [0.2, 0.25) is 0 Å². The molecule has 1 aliphatic rings. The van der Waals surface area contributed by atoms with Crippen molar-refractivity contribution in [3.8, 4) is 0 Å². The third-order valence-corrected chi connectivity index (χ3v) is 2.90. The second-order valence-electron chi connectivity index (χ2n) is 4.29. The number of ether oxygens (including phenoxy) is 1. The minimum Gasteiger partial charge on any atom is -0.463 e. The Morgan fingerprint density at radius 1 is 1.61 bits per heavy atom. The molecule has 2 N–H and O–H groups in total. The van der Waals surface area contributed by atoms with Crippen LogP contribution in [0.4, 0.5) is 0 Å². The molecule has 18 heavy (non-hydrogen) atoms. The minimum absolute atomic E-state index is 0.0504. The van der Waals surface area contributed by atoms with Crippen LogP contribution in [0, 0.1) is 0 Å². The van der Waals surface area contributed by atoms with Crippen molar-refractivity contribution in [3.63, 3.8) is 0 Å². The highest BCUT2D eigenvalue weighted by Crippen LogP contribution is 2.18. The summed E-state index contributed by atoms with van der Waals surface area (Å²) in [6, 6.07) is 3.34. The molecule has 0 aromatic carbocycles. The lowest BCUT2D eigenvalue weighted by Crippen LogP contribution is -2.32. The van der Waals surface area contributed by atoms with Gasteiger partial charge in [-0.3, -0.25) is 4.79 Å². The maximum atomic E-state index is 11.2. The van der Waals surface area contributed by atoms with Gasteiger partial charge in [-0.05, 0) is 19.1 Å². The van der Waals surface area contributed by atoms with Gasteiger partial charge in [0, 0.05) is 19.0 Å². The fourth-order valence-corrected chi connectivity index (χ4v) is 1.95. The van der Waals surface area contributed by atoms with E-state index in [0.29, 0.717) is 18.7 Å². The Hall–Kier alpha value is -1.82. The lowest BCUT2D eigenvalue weighted by molar-refractivity contribution is -0.119. The van der Waals surface area contributed by atoms with Gasteiger partial charge in [-0.15, -0.1) is 0 Å². The van der Waals surface area contributed by atoms with Gasteiger partial charge in [0.2, 0.25) is 11.7 Å². The number of methoxy groups -OCH3 is 1. The van der Waals surface area contributed by atoms with Gasteiger partial charge in [0.1, 0.15) is 5.76 Å². The quantitative estimate of drug-likeness (QED) is 0.767. The zero-order valence-corrected chi connectivity index (χ0v) is 10.4. The normalized spacial score (nSPS) is 20.6. The molecule has 0 radical (unpaired) electrons. The predicted octanol–water partition coefficient (Wildman–Crippen LogP) is 0.605. The number of rotatable bonds is 4. The van der Waals surface area contributed by atoms with Gasteiger partial charge < -0.3 is 19.8 Å². The summed E-state index contributed by atoms with van der Waals surface area (Å²) in [6.45, 7) is 2.54. The first-order valence-electron chi connectivity index (χ1n) is 5.81. The van der Waals surface area contributed by atoms with Gasteiger partial charge in [0.15, 0.2) is 0 Å². The van der Waals surface area contributed by atoms with Gasteiger partial charge in [-0.2, -0.15) is 0 Å². The summed E-state index contributed by atoms with van der Waals surface area (Å²) in [5.74, 6) is 0.386. The lowest BCUT2D eigenvalue weighted by atomic mass is 10.2. The molecule has 0 bridgehead atoms. The van der Waals surface area contributed by atoms with Crippen molar-refractivity contribution < 1.29 is 18.7 Å². The van der Waals surface area contributed by atoms with E-state index in [9.17, 15) is 9.59 Å². The van der Waals surface area contributed by atoms with E-state index in [1.165, 1.54) is 7.11 Å². The monoisotopic (exact) mass is 252 g/mol. The highest BCUT2D eigenvalue weighted by molar-refractivity contribution is 5.86. The topological polar surface area (TPSA) is 80.6 Å². The standard InChI is InChI=1S/C12H16N2O4/c1-7(14-8-5-11(15)13-6-8)9-3-4-10(18-9)12(16)17-2/h3-4,7-8,14H,5-6H2,1-2H3,(H,13,15). The van der Waals surface area contributed by atoms with E-state index in [4.69, 9.17) is 4.42 Å². The molecule has 1 aromatic heterocycles. The number of amides is 1. The number of nitrogens with one attached hydrogen (secondary N) is 2. The molecule has 1 fully saturated rings. The second kappa shape index (κ2) is 5.22. The molecule has 2 heterocycles. The number of hydrogen-bond donors (Lipinski definition) is 2. The first-order chi connectivity index (χ1) is 8.60. The van der Waals surface area contributed by atoms with E-state index in [1.807, 2.05) is 6.92 Å². The first-order valence-corrected chi connectivity index (χ1v) is 5.81. The Kier molecular flexibility index (Phi) is 3.66. The Labute approximate surface area is 105 Å². The summed E-state index contributed by atoms with van der Waals surface area (Å²) in [7, 11) is 1.31. The Balaban J connectivity index is 1.96. The fourth-order valence-electron chi connectivity index (χ4n) is 1.95. The van der Waals surface area contributed by atoms with E-state index in [0.717, 1.165) is 0 Å². The van der Waals surface area contributed by atoms with Gasteiger partial charge in [0.05, 0.1) is 13.2 Å². The van der Waals surface area contributed by atoms with Gasteiger partial charge >= 0.3 is 5.97 Å². The number of esters is 1. The van der Waals surface area contributed by atoms with E-state index in [1.54, 1.807) is 12.1 Å². The summed E-state index contributed by atoms with van der Waals surface area (Å²) < 4.78 is 9.96. The van der Waals surface area contributed by atoms with Crippen LogP contribution in [-0.2, 0) is 9.53 Å². The molecule has 0 saturated carbocycles. The average molecular weight is 252 g/mol. The summed E-state index contributed by atoms with van der Waals surface area (Å²) in [5.41, 5.74) is 0. The third-order valence-electron chi connectivity index (χ3n) is 2.90. The van der Waals surface area contributed by atoms with Crippen LogP contribution < -0.4 is 10.6 Å². The predicted molar refractivity (Wildman–Crippen MR) is 63.0 cm³/mol. The molecule has 2 unspecified atom stereocenters. The number of hydrogen-bond acceptors (Lipinski definition) is 5. The van der Waals surface area contributed by atoms with Crippen molar-refractivity contribution in [2.45, 2.75) is 25.4 Å². The maximum absolute atomic E-state index is 11.2. The highest BCUT2D eigenvalue weighted by Gasteiger charge is 2.24. The van der Waals surface area contributed by atoms with Crippen LogP contribution in [0.5, 0.6) is 0 Å². The van der Waals surface area contributed by atoms with Crippen molar-refractivity contribution in [1.82, 2.24) is 10.6 Å². The van der Waals surface area contributed by atoms with Crippen LogP contribution in [0.25, 0.3) is 0 Å². The average Bonchev–Trinajstić information content (AvgIpc) is 2.97. The summed E-state index contributed by atoms with van der Waals surface area (Å²) >= 11 is 0. The largest absolute Gasteiger partial charge is 0.463 e. The van der Waals surface area contributed by atoms with Crippen LogP contribution in [0.15, 0.2) is 16.5 Å². The Morgan fingerprint density at radius 2 is 2.39 bits per heavy atom. The van der Waals surface area contributed by atoms with Crippen molar-refractivity contribution in [2.24, 2.45) is 0 Å². The smallest absolute Gasteiger partial charge is 0.373 e. The molecule has 1 aliphatic heterocycles. The summed E-state index contributed by atoms with van der Waals surface area (Å²) in [6.07, 6.45) is 0.467. The molecule has 0 aliphatic carbocycles. The molecule has 1 saturated heterocycles. The van der Waals surface area contributed by atoms with Crippen molar-refractivity contribution in [2.75, 3.05) is 13.7 Å². The second-order valence-corrected chi connectivity index (χ2v) is 4.29. The Bertz CT molecular complexity index is 455. The van der Waals surface area contributed by atoms with Gasteiger partial charge in [-0.25, -0.2) is 4.79 Å².